The molecule has 7 atom stereocenters. The number of amides is 2. The van der Waals surface area contributed by atoms with E-state index in [1.165, 1.54) is 13.0 Å². The number of phosphoric acid groups is 3. The first-order chi connectivity index (χ1) is 13.5. The largest absolute Gasteiger partial charge is 0.490 e. The molecule has 0 aliphatic carbocycles. The summed E-state index contributed by atoms with van der Waals surface area (Å²) in [6.07, 6.45) is -5.26. The van der Waals surface area contributed by atoms with Gasteiger partial charge in [-0.05, 0) is 0 Å². The molecule has 0 aromatic heterocycles. The van der Waals surface area contributed by atoms with E-state index in [2.05, 4.69) is 13.1 Å². The van der Waals surface area contributed by atoms with Crippen molar-refractivity contribution in [3.8, 4) is 0 Å². The van der Waals surface area contributed by atoms with E-state index in [1.807, 2.05) is 5.32 Å². The number of ether oxygens (including phenoxy) is 1. The maximum absolute atomic E-state index is 11.9. The molecule has 2 aliphatic rings. The van der Waals surface area contributed by atoms with Crippen LogP contribution in [0.15, 0.2) is 11.6 Å². The molecule has 16 nitrogen and oxygen atoms in total. The number of rotatable bonds is 8. The van der Waals surface area contributed by atoms with Gasteiger partial charge >= 0.3 is 23.5 Å². The molecule has 0 saturated carbocycles. The van der Waals surface area contributed by atoms with Crippen LogP contribution in [-0.4, -0.2) is 72.6 Å². The molecule has 172 valence electrons. The average molecular weight is 497 g/mol. The van der Waals surface area contributed by atoms with Gasteiger partial charge in [-0.3, -0.25) is 19.4 Å². The summed E-state index contributed by atoms with van der Waals surface area (Å²) in [5.41, 5.74) is -0.186. The zero-order chi connectivity index (χ0) is 23.1. The van der Waals surface area contributed by atoms with Crippen LogP contribution in [0.4, 0.5) is 0 Å². The second-order valence-corrected chi connectivity index (χ2v) is 10.6. The van der Waals surface area contributed by atoms with Crippen LogP contribution in [0.5, 0.6) is 0 Å². The van der Waals surface area contributed by atoms with E-state index >= 15 is 0 Å². The van der Waals surface area contributed by atoms with E-state index in [4.69, 9.17) is 19.4 Å². The normalized spacial score (nSPS) is 34.1. The zero-order valence-corrected chi connectivity index (χ0v) is 17.6. The van der Waals surface area contributed by atoms with Crippen LogP contribution in [0, 0.1) is 5.92 Å². The van der Waals surface area contributed by atoms with Gasteiger partial charge in [-0.15, -0.1) is 0 Å². The fourth-order valence-corrected chi connectivity index (χ4v) is 5.59. The molecule has 0 bridgehead atoms. The maximum Gasteiger partial charge on any atom is 0.490 e. The number of aliphatic hydroxyl groups excluding tert-OH is 2. The van der Waals surface area contributed by atoms with E-state index in [1.54, 1.807) is 0 Å². The number of aliphatic hydroxyl groups is 2. The van der Waals surface area contributed by atoms with E-state index < -0.39 is 72.2 Å². The highest BCUT2D eigenvalue weighted by Crippen LogP contribution is 2.66. The number of carbonyl (C=O) groups excluding carboxylic acids is 2. The first kappa shape index (κ1) is 25.4. The Labute approximate surface area is 167 Å². The van der Waals surface area contributed by atoms with Gasteiger partial charge in [-0.25, -0.2) is 13.7 Å². The molecule has 0 aromatic carbocycles. The molecule has 2 aliphatic heterocycles. The highest BCUT2D eigenvalue weighted by Gasteiger charge is 2.48. The zero-order valence-electron chi connectivity index (χ0n) is 14.9. The second kappa shape index (κ2) is 8.96. The number of carbonyl (C=O) groups is 2. The van der Waals surface area contributed by atoms with Crippen LogP contribution in [0.3, 0.4) is 0 Å². The standard InChI is InChI=1S/C11H18NO15P3/c1-4-2-5(11(16)12-10(4)15)9-8(14)7(13)6(25-9)3-24-29(20,21)27-30(22,23)26-28(17,18)19/h2,4,6-9,13-14H,3H2,1H3,(H,20,21)(H,22,23)(H,12,15,16)(H2,17,18,19)/t4?,6-,7?,8?,9+/m1/s1. The predicted molar refractivity (Wildman–Crippen MR) is 90.9 cm³/mol. The number of phosphoric ester groups is 1. The van der Waals surface area contributed by atoms with Gasteiger partial charge in [0.25, 0.3) is 5.91 Å². The van der Waals surface area contributed by atoms with Crippen LogP contribution >= 0.6 is 23.5 Å². The van der Waals surface area contributed by atoms with Gasteiger partial charge < -0.3 is 34.5 Å². The van der Waals surface area contributed by atoms with Crippen molar-refractivity contribution in [2.24, 2.45) is 5.92 Å². The molecule has 7 N–H and O–H groups in total. The van der Waals surface area contributed by atoms with E-state index in [9.17, 15) is 38.4 Å². The summed E-state index contributed by atoms with van der Waals surface area (Å²) in [7, 11) is -16.8. The molecule has 2 amide bonds. The van der Waals surface area contributed by atoms with Crippen molar-refractivity contribution >= 4 is 35.3 Å². The van der Waals surface area contributed by atoms with Crippen LogP contribution < -0.4 is 5.32 Å². The van der Waals surface area contributed by atoms with Gasteiger partial charge in [0.2, 0.25) is 5.91 Å². The summed E-state index contributed by atoms with van der Waals surface area (Å²) in [6.45, 7) is 0.425. The Balaban J connectivity index is 2.04. The molecule has 1 fully saturated rings. The molecule has 19 heteroatoms. The molecular weight excluding hydrogens is 479 g/mol. The van der Waals surface area contributed by atoms with Crippen LogP contribution in [0.1, 0.15) is 6.92 Å². The first-order valence-electron chi connectivity index (χ1n) is 7.88. The topological polar surface area (TPSA) is 256 Å². The minimum atomic E-state index is -5.73. The van der Waals surface area contributed by atoms with Crippen molar-refractivity contribution in [2.75, 3.05) is 6.61 Å². The summed E-state index contributed by atoms with van der Waals surface area (Å²) < 4.78 is 50.2. The van der Waals surface area contributed by atoms with Crippen molar-refractivity contribution in [2.45, 2.75) is 31.3 Å². The fraction of sp³-hybridized carbons (Fsp3) is 0.636. The lowest BCUT2D eigenvalue weighted by Gasteiger charge is -2.23. The molecule has 2 rings (SSSR count). The maximum atomic E-state index is 11.9. The number of nitrogens with one attached hydrogen (secondary N) is 1. The summed E-state index contributed by atoms with van der Waals surface area (Å²) in [5.74, 6) is -2.23. The SMILES string of the molecule is CC1C=C([C@@H]2O[C@H](COP(=O)(O)OP(=O)(O)OP(=O)(O)O)C(O)C2O)C(=O)NC1=O. The Morgan fingerprint density at radius 3 is 2.20 bits per heavy atom. The molecule has 2 heterocycles. The number of hydrogen-bond acceptors (Lipinski definition) is 11. The average Bonchev–Trinajstić information content (AvgIpc) is 2.81. The van der Waals surface area contributed by atoms with E-state index in [-0.39, 0.29) is 5.57 Å². The van der Waals surface area contributed by atoms with Gasteiger partial charge in [0.15, 0.2) is 0 Å². The number of hydrogen-bond donors (Lipinski definition) is 7. The summed E-state index contributed by atoms with van der Waals surface area (Å²) in [6, 6.07) is 0. The smallest absolute Gasteiger partial charge is 0.387 e. The van der Waals surface area contributed by atoms with Crippen LogP contribution in [0.2, 0.25) is 0 Å². The van der Waals surface area contributed by atoms with Crippen molar-refractivity contribution in [1.82, 2.24) is 5.32 Å². The van der Waals surface area contributed by atoms with Crippen molar-refractivity contribution in [3.63, 3.8) is 0 Å². The van der Waals surface area contributed by atoms with E-state index in [0.29, 0.717) is 0 Å². The summed E-state index contributed by atoms with van der Waals surface area (Å²) in [5, 5.41) is 22.1. The second-order valence-electron chi connectivity index (χ2n) is 6.19. The fourth-order valence-electron chi connectivity index (χ4n) is 2.56. The van der Waals surface area contributed by atoms with Crippen LogP contribution in [0.25, 0.3) is 0 Å². The van der Waals surface area contributed by atoms with E-state index in [0.717, 1.165) is 0 Å². The Morgan fingerprint density at radius 1 is 1.03 bits per heavy atom. The third-order valence-corrected chi connectivity index (χ3v) is 7.63. The van der Waals surface area contributed by atoms with Crippen LogP contribution in [-0.2, 0) is 41.2 Å². The predicted octanol–water partition coefficient (Wildman–Crippen LogP) is -1.96. The quantitative estimate of drug-likeness (QED) is 0.142. The summed E-state index contributed by atoms with van der Waals surface area (Å²) >= 11 is 0. The lowest BCUT2D eigenvalue weighted by Crippen LogP contribution is -2.44. The lowest BCUT2D eigenvalue weighted by molar-refractivity contribution is -0.132. The molecule has 0 radical (unpaired) electrons. The van der Waals surface area contributed by atoms with Gasteiger partial charge in [-0.2, -0.15) is 8.62 Å². The first-order valence-corrected chi connectivity index (χ1v) is 12.4. The number of imide groups is 1. The molecular formula is C11H18NO15P3. The Kier molecular flexibility index (Phi) is 7.60. The highest BCUT2D eigenvalue weighted by atomic mass is 31.3. The van der Waals surface area contributed by atoms with Crippen molar-refractivity contribution in [1.29, 1.82) is 0 Å². The summed E-state index contributed by atoms with van der Waals surface area (Å²) in [4.78, 5) is 58.8. The van der Waals surface area contributed by atoms with Gasteiger partial charge in [0.05, 0.1) is 12.5 Å². The molecule has 5 unspecified atom stereocenters. The minimum Gasteiger partial charge on any atom is -0.387 e. The Hall–Kier alpha value is -0.830. The Bertz CT molecular complexity index is 881. The van der Waals surface area contributed by atoms with Crippen molar-refractivity contribution < 1.29 is 71.0 Å². The highest BCUT2D eigenvalue weighted by molar-refractivity contribution is 7.66. The lowest BCUT2D eigenvalue weighted by atomic mass is 9.94. The monoisotopic (exact) mass is 497 g/mol. The van der Waals surface area contributed by atoms with Gasteiger partial charge in [0.1, 0.15) is 24.4 Å². The minimum absolute atomic E-state index is 0.186. The molecule has 1 saturated heterocycles. The third kappa shape index (κ3) is 6.58. The van der Waals surface area contributed by atoms with Gasteiger partial charge in [0, 0.05) is 5.57 Å². The van der Waals surface area contributed by atoms with Gasteiger partial charge in [-0.1, -0.05) is 13.0 Å². The molecule has 0 spiro atoms. The van der Waals surface area contributed by atoms with Crippen molar-refractivity contribution in [3.05, 3.63) is 11.6 Å². The third-order valence-electron chi connectivity index (χ3n) is 3.83. The molecule has 0 aromatic rings. The Morgan fingerprint density at radius 2 is 1.63 bits per heavy atom. The molecule has 30 heavy (non-hydrogen) atoms.